The summed E-state index contributed by atoms with van der Waals surface area (Å²) in [5.41, 5.74) is 2.02. The maximum absolute atomic E-state index is 10.9. The van der Waals surface area contributed by atoms with E-state index in [2.05, 4.69) is 20.4 Å². The van der Waals surface area contributed by atoms with Gasteiger partial charge in [-0.05, 0) is 24.3 Å². The molecule has 22 heavy (non-hydrogen) atoms. The Kier molecular flexibility index (Phi) is 4.34. The van der Waals surface area contributed by atoms with Crippen molar-refractivity contribution in [3.05, 3.63) is 30.1 Å². The largest absolute Gasteiger partial charge is 0.378 e. The van der Waals surface area contributed by atoms with Crippen LogP contribution < -0.4 is 10.2 Å². The molecule has 1 saturated heterocycles. The summed E-state index contributed by atoms with van der Waals surface area (Å²) in [7, 11) is 0. The zero-order valence-corrected chi connectivity index (χ0v) is 12.4. The van der Waals surface area contributed by atoms with Gasteiger partial charge in [0.15, 0.2) is 5.82 Å². The van der Waals surface area contributed by atoms with Gasteiger partial charge in [-0.2, -0.15) is 4.98 Å². The number of anilines is 1. The molecule has 0 saturated carbocycles. The zero-order chi connectivity index (χ0) is 15.4. The summed E-state index contributed by atoms with van der Waals surface area (Å²) >= 11 is 0. The molecule has 0 radical (unpaired) electrons. The van der Waals surface area contributed by atoms with Crippen LogP contribution in [0.3, 0.4) is 0 Å². The second-order valence-corrected chi connectivity index (χ2v) is 5.07. The Balaban J connectivity index is 1.68. The quantitative estimate of drug-likeness (QED) is 0.914. The van der Waals surface area contributed by atoms with Crippen LogP contribution in [-0.2, 0) is 16.1 Å². The normalized spacial score (nSPS) is 14.9. The molecular weight excluding hydrogens is 284 g/mol. The summed E-state index contributed by atoms with van der Waals surface area (Å²) in [4.78, 5) is 17.4. The topological polar surface area (TPSA) is 80.5 Å². The summed E-state index contributed by atoms with van der Waals surface area (Å²) in [5, 5.41) is 6.49. The Bertz CT molecular complexity index is 632. The van der Waals surface area contributed by atoms with Gasteiger partial charge in [0.05, 0.1) is 19.8 Å². The van der Waals surface area contributed by atoms with Crippen LogP contribution >= 0.6 is 0 Å². The van der Waals surface area contributed by atoms with Crippen molar-refractivity contribution >= 4 is 11.6 Å². The van der Waals surface area contributed by atoms with Crippen molar-refractivity contribution in [2.24, 2.45) is 0 Å². The Morgan fingerprint density at radius 2 is 2.00 bits per heavy atom. The molecule has 3 rings (SSSR count). The Labute approximate surface area is 128 Å². The highest BCUT2D eigenvalue weighted by molar-refractivity contribution is 5.72. The number of hydrogen-bond donors (Lipinski definition) is 1. The van der Waals surface area contributed by atoms with E-state index < -0.39 is 0 Å². The number of nitrogens with one attached hydrogen (secondary N) is 1. The number of amides is 1. The second-order valence-electron chi connectivity index (χ2n) is 5.07. The van der Waals surface area contributed by atoms with Gasteiger partial charge >= 0.3 is 0 Å². The number of rotatable bonds is 4. The van der Waals surface area contributed by atoms with Crippen molar-refractivity contribution in [2.75, 3.05) is 31.2 Å². The molecule has 1 aromatic heterocycles. The maximum atomic E-state index is 10.9. The molecule has 1 fully saturated rings. The minimum Gasteiger partial charge on any atom is -0.378 e. The lowest BCUT2D eigenvalue weighted by atomic mass is 10.2. The van der Waals surface area contributed by atoms with Crippen LogP contribution in [0.4, 0.5) is 5.69 Å². The molecule has 1 amide bonds. The molecule has 116 valence electrons. The first-order valence-electron chi connectivity index (χ1n) is 7.22. The van der Waals surface area contributed by atoms with Gasteiger partial charge in [0.2, 0.25) is 5.91 Å². The van der Waals surface area contributed by atoms with Crippen molar-refractivity contribution in [3.8, 4) is 11.5 Å². The summed E-state index contributed by atoms with van der Waals surface area (Å²) < 4.78 is 10.6. The van der Waals surface area contributed by atoms with Crippen LogP contribution in [0.15, 0.2) is 28.8 Å². The molecule has 1 N–H and O–H groups in total. The molecule has 0 spiro atoms. The van der Waals surface area contributed by atoms with Gasteiger partial charge < -0.3 is 19.5 Å². The van der Waals surface area contributed by atoms with Crippen LogP contribution in [0.5, 0.6) is 0 Å². The molecule has 0 bridgehead atoms. The molecule has 1 aliphatic heterocycles. The first-order chi connectivity index (χ1) is 10.7. The minimum absolute atomic E-state index is 0.124. The fourth-order valence-electron chi connectivity index (χ4n) is 2.28. The third-order valence-corrected chi connectivity index (χ3v) is 3.45. The Hall–Kier alpha value is -2.41. The number of ether oxygens (including phenoxy) is 1. The minimum atomic E-state index is -0.124. The third-order valence-electron chi connectivity index (χ3n) is 3.45. The second kappa shape index (κ2) is 6.57. The van der Waals surface area contributed by atoms with E-state index in [0.29, 0.717) is 11.7 Å². The number of nitrogens with zero attached hydrogens (tertiary/aromatic N) is 3. The fraction of sp³-hybridized carbons (Fsp3) is 0.400. The molecule has 0 unspecified atom stereocenters. The van der Waals surface area contributed by atoms with Gasteiger partial charge in [-0.15, -0.1) is 0 Å². The van der Waals surface area contributed by atoms with E-state index in [1.807, 2.05) is 24.3 Å². The molecule has 1 aliphatic rings. The highest BCUT2D eigenvalue weighted by Gasteiger charge is 2.13. The number of aromatic nitrogens is 2. The van der Waals surface area contributed by atoms with Crippen LogP contribution in [0.1, 0.15) is 12.7 Å². The van der Waals surface area contributed by atoms with Gasteiger partial charge in [0.1, 0.15) is 0 Å². The molecular formula is C15H18N4O3. The van der Waals surface area contributed by atoms with Crippen molar-refractivity contribution in [1.82, 2.24) is 15.5 Å². The lowest BCUT2D eigenvalue weighted by Crippen LogP contribution is -2.36. The molecule has 2 aromatic rings. The van der Waals surface area contributed by atoms with E-state index in [4.69, 9.17) is 9.26 Å². The Morgan fingerprint density at radius 3 is 2.68 bits per heavy atom. The first kappa shape index (κ1) is 14.5. The lowest BCUT2D eigenvalue weighted by Gasteiger charge is -2.28. The van der Waals surface area contributed by atoms with Gasteiger partial charge in [0, 0.05) is 31.3 Å². The number of carbonyl (C=O) groups excluding carboxylic acids is 1. The van der Waals surface area contributed by atoms with Crippen LogP contribution in [0.25, 0.3) is 11.5 Å². The predicted octanol–water partition coefficient (Wildman–Crippen LogP) is 1.21. The van der Waals surface area contributed by atoms with E-state index in [-0.39, 0.29) is 12.5 Å². The van der Waals surface area contributed by atoms with Crippen molar-refractivity contribution in [1.29, 1.82) is 0 Å². The van der Waals surface area contributed by atoms with Crippen LogP contribution in [0.2, 0.25) is 0 Å². The van der Waals surface area contributed by atoms with Crippen LogP contribution in [-0.4, -0.2) is 42.4 Å². The van der Waals surface area contributed by atoms with Crippen molar-refractivity contribution in [2.45, 2.75) is 13.5 Å². The van der Waals surface area contributed by atoms with Gasteiger partial charge in [-0.25, -0.2) is 0 Å². The lowest BCUT2D eigenvalue weighted by molar-refractivity contribution is -0.119. The number of morpholine rings is 1. The van der Waals surface area contributed by atoms with Crippen LogP contribution in [0, 0.1) is 0 Å². The first-order valence-corrected chi connectivity index (χ1v) is 7.22. The van der Waals surface area contributed by atoms with E-state index in [9.17, 15) is 4.79 Å². The predicted molar refractivity (Wildman–Crippen MR) is 80.3 cm³/mol. The zero-order valence-electron chi connectivity index (χ0n) is 12.4. The smallest absolute Gasteiger partial charge is 0.257 e. The molecule has 2 heterocycles. The van der Waals surface area contributed by atoms with E-state index in [0.717, 1.165) is 37.6 Å². The number of carbonyl (C=O) groups is 1. The number of benzene rings is 1. The monoisotopic (exact) mass is 302 g/mol. The third kappa shape index (κ3) is 3.43. The molecule has 0 atom stereocenters. The summed E-state index contributed by atoms with van der Waals surface area (Å²) in [6.07, 6.45) is 0. The molecule has 0 aliphatic carbocycles. The average molecular weight is 302 g/mol. The molecule has 7 heteroatoms. The highest BCUT2D eigenvalue weighted by Crippen LogP contribution is 2.22. The van der Waals surface area contributed by atoms with Crippen molar-refractivity contribution in [3.63, 3.8) is 0 Å². The average Bonchev–Trinajstić information content (AvgIpc) is 3.03. The maximum Gasteiger partial charge on any atom is 0.257 e. The van der Waals surface area contributed by atoms with Gasteiger partial charge in [0.25, 0.3) is 5.89 Å². The SMILES string of the molecule is CC(=O)NCc1noc(-c2ccc(N3CCOCC3)cc2)n1. The molecule has 7 nitrogen and oxygen atoms in total. The summed E-state index contributed by atoms with van der Waals surface area (Å²) in [6.45, 7) is 5.05. The molecule has 1 aromatic carbocycles. The van der Waals surface area contributed by atoms with E-state index >= 15 is 0 Å². The van der Waals surface area contributed by atoms with Crippen molar-refractivity contribution < 1.29 is 14.1 Å². The highest BCUT2D eigenvalue weighted by atomic mass is 16.5. The van der Waals surface area contributed by atoms with Gasteiger partial charge in [-0.3, -0.25) is 4.79 Å². The van der Waals surface area contributed by atoms with E-state index in [1.54, 1.807) is 0 Å². The Morgan fingerprint density at radius 1 is 1.27 bits per heavy atom. The van der Waals surface area contributed by atoms with E-state index in [1.165, 1.54) is 6.92 Å². The van der Waals surface area contributed by atoms with Gasteiger partial charge in [-0.1, -0.05) is 5.16 Å². The fourth-order valence-corrected chi connectivity index (χ4v) is 2.28. The standard InChI is InChI=1S/C15H18N4O3/c1-11(20)16-10-14-17-15(22-18-14)12-2-4-13(5-3-12)19-6-8-21-9-7-19/h2-5H,6-10H2,1H3,(H,16,20). The summed E-state index contributed by atoms with van der Waals surface area (Å²) in [6, 6.07) is 8.00. The summed E-state index contributed by atoms with van der Waals surface area (Å²) in [5.74, 6) is 0.789. The number of hydrogen-bond acceptors (Lipinski definition) is 6.